The number of carbonyl (C=O) groups is 1. The van der Waals surface area contributed by atoms with Crippen LogP contribution in [0.5, 0.6) is 11.5 Å². The van der Waals surface area contributed by atoms with Crippen LogP contribution in [0.15, 0.2) is 48.5 Å². The number of amides is 1. The minimum absolute atomic E-state index is 0.207. The SMILES string of the molecule is O=C1CCCN1CCCOc1ccc(OCc2ccccc2)c(F)c1. The summed E-state index contributed by atoms with van der Waals surface area (Å²) in [6, 6.07) is 14.2. The number of halogens is 1. The summed E-state index contributed by atoms with van der Waals surface area (Å²) in [6.45, 7) is 2.30. The molecule has 0 bridgehead atoms. The molecule has 0 unspecified atom stereocenters. The molecule has 1 saturated heterocycles. The van der Waals surface area contributed by atoms with E-state index < -0.39 is 5.82 Å². The second-order valence-electron chi connectivity index (χ2n) is 6.05. The molecule has 1 amide bonds. The average molecular weight is 343 g/mol. The number of rotatable bonds is 8. The Bertz CT molecular complexity index is 705. The van der Waals surface area contributed by atoms with Crippen LogP contribution in [-0.4, -0.2) is 30.5 Å². The molecule has 5 heteroatoms. The first kappa shape index (κ1) is 17.3. The Morgan fingerprint density at radius 1 is 1.08 bits per heavy atom. The fourth-order valence-electron chi connectivity index (χ4n) is 2.81. The molecule has 0 radical (unpaired) electrons. The topological polar surface area (TPSA) is 38.8 Å². The number of nitrogens with zero attached hydrogens (tertiary/aromatic N) is 1. The van der Waals surface area contributed by atoms with Crippen LogP contribution in [0.4, 0.5) is 4.39 Å². The average Bonchev–Trinajstić information content (AvgIpc) is 3.04. The molecule has 1 aliphatic heterocycles. The fraction of sp³-hybridized carbons (Fsp3) is 0.350. The van der Waals surface area contributed by atoms with Gasteiger partial charge in [0, 0.05) is 25.6 Å². The molecule has 0 N–H and O–H groups in total. The molecule has 1 aliphatic rings. The van der Waals surface area contributed by atoms with Gasteiger partial charge in [0.1, 0.15) is 12.4 Å². The number of benzene rings is 2. The highest BCUT2D eigenvalue weighted by Gasteiger charge is 2.19. The van der Waals surface area contributed by atoms with E-state index in [1.807, 2.05) is 35.2 Å². The summed E-state index contributed by atoms with van der Waals surface area (Å²) >= 11 is 0. The third kappa shape index (κ3) is 4.95. The van der Waals surface area contributed by atoms with Crippen molar-refractivity contribution in [1.82, 2.24) is 4.90 Å². The summed E-state index contributed by atoms with van der Waals surface area (Å²) in [5, 5.41) is 0. The lowest BCUT2D eigenvalue weighted by molar-refractivity contribution is -0.127. The molecule has 0 spiro atoms. The van der Waals surface area contributed by atoms with E-state index in [0.29, 0.717) is 31.9 Å². The zero-order valence-electron chi connectivity index (χ0n) is 14.1. The maximum Gasteiger partial charge on any atom is 0.222 e. The summed E-state index contributed by atoms with van der Waals surface area (Å²) in [4.78, 5) is 13.4. The van der Waals surface area contributed by atoms with Gasteiger partial charge in [0.2, 0.25) is 5.91 Å². The van der Waals surface area contributed by atoms with Crippen molar-refractivity contribution in [3.8, 4) is 11.5 Å². The summed E-state index contributed by atoms with van der Waals surface area (Å²) in [7, 11) is 0. The molecule has 2 aromatic carbocycles. The Hall–Kier alpha value is -2.56. The first-order chi connectivity index (χ1) is 12.2. The van der Waals surface area contributed by atoms with Crippen molar-refractivity contribution in [2.24, 2.45) is 0 Å². The number of hydrogen-bond acceptors (Lipinski definition) is 3. The summed E-state index contributed by atoms with van der Waals surface area (Å²) in [5.74, 6) is 0.449. The first-order valence-electron chi connectivity index (χ1n) is 8.59. The smallest absolute Gasteiger partial charge is 0.222 e. The Balaban J connectivity index is 1.44. The lowest BCUT2D eigenvalue weighted by atomic mass is 10.2. The van der Waals surface area contributed by atoms with Gasteiger partial charge in [-0.1, -0.05) is 30.3 Å². The molecule has 4 nitrogen and oxygen atoms in total. The van der Waals surface area contributed by atoms with Gasteiger partial charge in [-0.2, -0.15) is 0 Å². The van der Waals surface area contributed by atoms with Gasteiger partial charge in [-0.05, 0) is 30.5 Å². The van der Waals surface area contributed by atoms with E-state index in [2.05, 4.69) is 0 Å². The minimum atomic E-state index is -0.442. The monoisotopic (exact) mass is 343 g/mol. The predicted molar refractivity (Wildman–Crippen MR) is 93.1 cm³/mol. The molecule has 3 rings (SSSR count). The van der Waals surface area contributed by atoms with Crippen molar-refractivity contribution >= 4 is 5.91 Å². The molecule has 132 valence electrons. The highest BCUT2D eigenvalue weighted by Crippen LogP contribution is 2.23. The van der Waals surface area contributed by atoms with Crippen LogP contribution in [0.3, 0.4) is 0 Å². The van der Waals surface area contributed by atoms with Gasteiger partial charge < -0.3 is 14.4 Å². The van der Waals surface area contributed by atoms with Gasteiger partial charge >= 0.3 is 0 Å². The van der Waals surface area contributed by atoms with Crippen LogP contribution in [0, 0.1) is 5.82 Å². The van der Waals surface area contributed by atoms with Gasteiger partial charge in [0.25, 0.3) is 0 Å². The molecule has 1 heterocycles. The Morgan fingerprint density at radius 2 is 1.92 bits per heavy atom. The molecular formula is C20H22FNO3. The van der Waals surface area contributed by atoms with Crippen molar-refractivity contribution < 1.29 is 18.7 Å². The Morgan fingerprint density at radius 3 is 2.64 bits per heavy atom. The summed E-state index contributed by atoms with van der Waals surface area (Å²) in [6.07, 6.45) is 2.32. The van der Waals surface area contributed by atoms with Gasteiger partial charge in [-0.15, -0.1) is 0 Å². The number of hydrogen-bond donors (Lipinski definition) is 0. The predicted octanol–water partition coefficient (Wildman–Crippen LogP) is 3.80. The van der Waals surface area contributed by atoms with Crippen molar-refractivity contribution in [3.63, 3.8) is 0 Å². The Kier molecular flexibility index (Phi) is 5.88. The molecule has 0 saturated carbocycles. The second kappa shape index (κ2) is 8.51. The summed E-state index contributed by atoms with van der Waals surface area (Å²) in [5.41, 5.74) is 0.985. The number of ether oxygens (including phenoxy) is 2. The van der Waals surface area contributed by atoms with E-state index in [0.717, 1.165) is 24.9 Å². The zero-order valence-corrected chi connectivity index (χ0v) is 14.1. The Labute approximate surface area is 147 Å². The fourth-order valence-corrected chi connectivity index (χ4v) is 2.81. The van der Waals surface area contributed by atoms with Crippen LogP contribution >= 0.6 is 0 Å². The van der Waals surface area contributed by atoms with Crippen LogP contribution < -0.4 is 9.47 Å². The second-order valence-corrected chi connectivity index (χ2v) is 6.05. The molecule has 0 aromatic heterocycles. The standard InChI is InChI=1S/C20H22FNO3/c21-18-14-17(24-13-5-12-22-11-4-8-20(22)23)9-10-19(18)25-15-16-6-2-1-3-7-16/h1-3,6-7,9-10,14H,4-5,8,11-13,15H2. The van der Waals surface area contributed by atoms with E-state index in [1.165, 1.54) is 6.07 Å². The highest BCUT2D eigenvalue weighted by molar-refractivity contribution is 5.77. The van der Waals surface area contributed by atoms with Crippen molar-refractivity contribution in [2.45, 2.75) is 25.9 Å². The van der Waals surface area contributed by atoms with Gasteiger partial charge in [-0.3, -0.25) is 4.79 Å². The number of carbonyl (C=O) groups excluding carboxylic acids is 1. The van der Waals surface area contributed by atoms with Crippen molar-refractivity contribution in [2.75, 3.05) is 19.7 Å². The quantitative estimate of drug-likeness (QED) is 0.685. The van der Waals surface area contributed by atoms with E-state index in [9.17, 15) is 9.18 Å². The van der Waals surface area contributed by atoms with Crippen molar-refractivity contribution in [1.29, 1.82) is 0 Å². The van der Waals surface area contributed by atoms with E-state index in [1.54, 1.807) is 12.1 Å². The third-order valence-corrected chi connectivity index (χ3v) is 4.15. The molecule has 1 fully saturated rings. The van der Waals surface area contributed by atoms with Crippen LogP contribution in [0.25, 0.3) is 0 Å². The van der Waals surface area contributed by atoms with E-state index in [-0.39, 0.29) is 11.7 Å². The number of likely N-dealkylation sites (tertiary alicyclic amines) is 1. The molecular weight excluding hydrogens is 321 g/mol. The largest absolute Gasteiger partial charge is 0.493 e. The van der Waals surface area contributed by atoms with Gasteiger partial charge in [0.15, 0.2) is 11.6 Å². The van der Waals surface area contributed by atoms with Crippen molar-refractivity contribution in [3.05, 3.63) is 59.9 Å². The maximum atomic E-state index is 14.1. The highest BCUT2D eigenvalue weighted by atomic mass is 19.1. The molecule has 25 heavy (non-hydrogen) atoms. The van der Waals surface area contributed by atoms with Gasteiger partial charge in [0.05, 0.1) is 6.61 Å². The molecule has 0 aliphatic carbocycles. The molecule has 0 atom stereocenters. The van der Waals surface area contributed by atoms with E-state index >= 15 is 0 Å². The zero-order chi connectivity index (χ0) is 17.5. The summed E-state index contributed by atoms with van der Waals surface area (Å²) < 4.78 is 25.2. The minimum Gasteiger partial charge on any atom is -0.493 e. The maximum absolute atomic E-state index is 14.1. The van der Waals surface area contributed by atoms with Crippen LogP contribution in [0.1, 0.15) is 24.8 Å². The van der Waals surface area contributed by atoms with Crippen LogP contribution in [-0.2, 0) is 11.4 Å². The van der Waals surface area contributed by atoms with Gasteiger partial charge in [-0.25, -0.2) is 4.39 Å². The van der Waals surface area contributed by atoms with E-state index in [4.69, 9.17) is 9.47 Å². The first-order valence-corrected chi connectivity index (χ1v) is 8.59. The normalized spacial score (nSPS) is 14.0. The lowest BCUT2D eigenvalue weighted by Gasteiger charge is -2.15. The lowest BCUT2D eigenvalue weighted by Crippen LogP contribution is -2.26. The van der Waals surface area contributed by atoms with Crippen LogP contribution in [0.2, 0.25) is 0 Å². The molecule has 2 aromatic rings. The third-order valence-electron chi connectivity index (χ3n) is 4.15.